The van der Waals surface area contributed by atoms with Crippen molar-refractivity contribution in [2.24, 2.45) is 0 Å². The number of benzene rings is 2. The molecule has 2 aromatic rings. The van der Waals surface area contributed by atoms with E-state index in [9.17, 15) is 9.90 Å². The molecular weight excluding hydrogens is 366 g/mol. The fourth-order valence-corrected chi connectivity index (χ4v) is 8.88. The quantitative estimate of drug-likeness (QED) is 0.640. The van der Waals surface area contributed by atoms with Crippen LogP contribution in [0.1, 0.15) is 27.2 Å². The predicted octanol–water partition coefficient (Wildman–Crippen LogP) is 3.32. The number of hydrogen-bond acceptors (Lipinski definition) is 2. The van der Waals surface area contributed by atoms with E-state index in [1.54, 1.807) is 0 Å². The lowest BCUT2D eigenvalue weighted by atomic mass is 10.2. The van der Waals surface area contributed by atoms with Gasteiger partial charge in [-0.25, -0.2) is 4.79 Å². The van der Waals surface area contributed by atoms with Gasteiger partial charge in [-0.2, -0.15) is 0 Å². The Morgan fingerprint density at radius 1 is 1.11 bits per heavy atom. The maximum Gasteiger partial charge on any atom is 0.408 e. The summed E-state index contributed by atoms with van der Waals surface area (Å²) in [5.74, 6) is 2.61. The molecule has 2 atom stereocenters. The average molecular weight is 394 g/mol. The number of nitrogens with zero attached hydrogens (tertiary/aromatic N) is 1. The molecule has 4 nitrogen and oxygen atoms in total. The third-order valence-electron chi connectivity index (χ3n) is 5.46. The predicted molar refractivity (Wildman–Crippen MR) is 114 cm³/mol. The summed E-state index contributed by atoms with van der Waals surface area (Å²) in [6.45, 7) is 6.93. The lowest BCUT2D eigenvalue weighted by molar-refractivity contribution is 0.139. The van der Waals surface area contributed by atoms with Crippen molar-refractivity contribution in [1.29, 1.82) is 0 Å². The molecule has 1 heterocycles. The Morgan fingerprint density at radius 2 is 1.61 bits per heavy atom. The summed E-state index contributed by atoms with van der Waals surface area (Å²) < 4.78 is 6.99. The van der Waals surface area contributed by atoms with E-state index in [0.717, 1.165) is 0 Å². The van der Waals surface area contributed by atoms with E-state index in [1.165, 1.54) is 15.3 Å². The second-order valence-corrected chi connectivity index (χ2v) is 12.5. The van der Waals surface area contributed by atoms with E-state index in [1.807, 2.05) is 36.4 Å². The molecule has 146 valence electrons. The van der Waals surface area contributed by atoms with Gasteiger partial charge in [-0.05, 0) is 15.4 Å². The zero-order valence-corrected chi connectivity index (χ0v) is 17.6. The zero-order chi connectivity index (χ0) is 20.4. The van der Waals surface area contributed by atoms with Crippen molar-refractivity contribution in [1.82, 2.24) is 4.90 Å². The summed E-state index contributed by atoms with van der Waals surface area (Å²) in [4.78, 5) is 12.9. The molecule has 0 radical (unpaired) electrons. The summed E-state index contributed by atoms with van der Waals surface area (Å²) in [5.41, 5.74) is 0. The van der Waals surface area contributed by atoms with Gasteiger partial charge >= 0.3 is 6.09 Å². The van der Waals surface area contributed by atoms with Crippen LogP contribution in [-0.2, 0) is 4.43 Å². The van der Waals surface area contributed by atoms with Crippen molar-refractivity contribution in [3.05, 3.63) is 60.7 Å². The van der Waals surface area contributed by atoms with Gasteiger partial charge < -0.3 is 9.53 Å². The van der Waals surface area contributed by atoms with E-state index < -0.39 is 20.5 Å². The molecular formula is C23H27NO3Si. The van der Waals surface area contributed by atoms with Gasteiger partial charge in [0.05, 0.1) is 18.7 Å². The van der Waals surface area contributed by atoms with Gasteiger partial charge in [-0.3, -0.25) is 4.90 Å². The molecule has 1 aliphatic heterocycles. The molecule has 0 spiro atoms. The first-order chi connectivity index (χ1) is 13.3. The van der Waals surface area contributed by atoms with Gasteiger partial charge in [0, 0.05) is 6.42 Å². The van der Waals surface area contributed by atoms with Crippen LogP contribution in [0, 0.1) is 12.3 Å². The Kier molecular flexibility index (Phi) is 5.64. The Labute approximate surface area is 168 Å². The average Bonchev–Trinajstić information content (AvgIpc) is 3.10. The maximum atomic E-state index is 11.6. The minimum absolute atomic E-state index is 0.155. The van der Waals surface area contributed by atoms with Crippen molar-refractivity contribution in [2.75, 3.05) is 6.54 Å². The zero-order valence-electron chi connectivity index (χ0n) is 16.6. The number of hydrogen-bond donors (Lipinski definition) is 1. The Bertz CT molecular complexity index is 815. The second kappa shape index (κ2) is 7.82. The monoisotopic (exact) mass is 393 g/mol. The molecule has 0 unspecified atom stereocenters. The first kappa shape index (κ1) is 20.2. The highest BCUT2D eigenvalue weighted by molar-refractivity contribution is 6.99. The van der Waals surface area contributed by atoms with Crippen LogP contribution >= 0.6 is 0 Å². The lowest BCUT2D eigenvalue weighted by Gasteiger charge is -2.44. The van der Waals surface area contributed by atoms with E-state index in [0.29, 0.717) is 13.0 Å². The standard InChI is InChI=1S/C23H27NO3Si/c1-5-18-16-19(17-24(18)22(25)26)27-28(23(2,3)4,20-12-8-6-9-13-20)21-14-10-7-11-15-21/h1,6-15,18-19H,16-17H2,2-4H3,(H,25,26)/t18-,19-/m1/s1. The van der Waals surface area contributed by atoms with Crippen molar-refractivity contribution < 1.29 is 14.3 Å². The SMILES string of the molecule is C#C[C@@H]1C[C@@H](O[Si](c2ccccc2)(c2ccccc2)C(C)(C)C)CN1C(=O)O. The fraction of sp³-hybridized carbons (Fsp3) is 0.348. The number of terminal acetylenes is 1. The van der Waals surface area contributed by atoms with Gasteiger partial charge in [-0.1, -0.05) is 87.4 Å². The summed E-state index contributed by atoms with van der Waals surface area (Å²) in [5, 5.41) is 11.7. The van der Waals surface area contributed by atoms with Gasteiger partial charge in [0.1, 0.15) is 0 Å². The highest BCUT2D eigenvalue weighted by Gasteiger charge is 2.52. The molecule has 1 amide bonds. The van der Waals surface area contributed by atoms with Crippen LogP contribution in [0.4, 0.5) is 4.79 Å². The van der Waals surface area contributed by atoms with Gasteiger partial charge in [0.25, 0.3) is 8.32 Å². The highest BCUT2D eigenvalue weighted by Crippen LogP contribution is 2.39. The largest absolute Gasteiger partial charge is 0.465 e. The molecule has 0 aromatic heterocycles. The maximum absolute atomic E-state index is 11.6. The third kappa shape index (κ3) is 3.58. The number of amides is 1. The topological polar surface area (TPSA) is 49.8 Å². The molecule has 1 aliphatic rings. The Hall–Kier alpha value is -2.55. The molecule has 1 fully saturated rings. The van der Waals surface area contributed by atoms with Gasteiger partial charge in [0.2, 0.25) is 0 Å². The van der Waals surface area contributed by atoms with Crippen LogP contribution in [-0.4, -0.2) is 43.1 Å². The van der Waals surface area contributed by atoms with Crippen LogP contribution in [0.5, 0.6) is 0 Å². The minimum Gasteiger partial charge on any atom is -0.465 e. The smallest absolute Gasteiger partial charge is 0.408 e. The van der Waals surface area contributed by atoms with Crippen molar-refractivity contribution in [3.63, 3.8) is 0 Å². The molecule has 1 saturated heterocycles. The van der Waals surface area contributed by atoms with E-state index in [4.69, 9.17) is 10.8 Å². The molecule has 2 aromatic carbocycles. The second-order valence-electron chi connectivity index (χ2n) is 8.26. The minimum atomic E-state index is -2.71. The molecule has 28 heavy (non-hydrogen) atoms. The van der Waals surface area contributed by atoms with E-state index in [2.05, 4.69) is 51.0 Å². The van der Waals surface area contributed by atoms with Crippen LogP contribution in [0.3, 0.4) is 0 Å². The fourth-order valence-electron chi connectivity index (χ4n) is 4.19. The van der Waals surface area contributed by atoms with Crippen molar-refractivity contribution in [3.8, 4) is 12.3 Å². The van der Waals surface area contributed by atoms with Crippen LogP contribution in [0.2, 0.25) is 5.04 Å². The first-order valence-corrected chi connectivity index (χ1v) is 11.4. The van der Waals surface area contributed by atoms with Crippen LogP contribution in [0.15, 0.2) is 60.7 Å². The summed E-state index contributed by atoms with van der Waals surface area (Å²) >= 11 is 0. The summed E-state index contributed by atoms with van der Waals surface area (Å²) in [6.07, 6.45) is 4.90. The van der Waals surface area contributed by atoms with Crippen molar-refractivity contribution >= 4 is 24.8 Å². The van der Waals surface area contributed by atoms with Crippen LogP contribution in [0.25, 0.3) is 0 Å². The first-order valence-electron chi connectivity index (χ1n) is 9.54. The normalized spacial score (nSPS) is 20.0. The Morgan fingerprint density at radius 3 is 1.96 bits per heavy atom. The number of rotatable bonds is 4. The lowest BCUT2D eigenvalue weighted by Crippen LogP contribution is -2.67. The highest BCUT2D eigenvalue weighted by atomic mass is 28.4. The van der Waals surface area contributed by atoms with Crippen LogP contribution < -0.4 is 10.4 Å². The molecule has 5 heteroatoms. The summed E-state index contributed by atoms with van der Waals surface area (Å²) in [7, 11) is -2.71. The number of carboxylic acid groups (broad SMARTS) is 1. The number of likely N-dealkylation sites (tertiary alicyclic amines) is 1. The molecule has 0 aliphatic carbocycles. The summed E-state index contributed by atoms with van der Waals surface area (Å²) in [6, 6.07) is 20.3. The Balaban J connectivity index is 2.10. The molecule has 0 bridgehead atoms. The number of carbonyl (C=O) groups is 1. The third-order valence-corrected chi connectivity index (χ3v) is 10.6. The molecule has 3 rings (SSSR count). The van der Waals surface area contributed by atoms with E-state index in [-0.39, 0.29) is 11.1 Å². The van der Waals surface area contributed by atoms with Crippen molar-refractivity contribution in [2.45, 2.75) is 44.4 Å². The van der Waals surface area contributed by atoms with Gasteiger partial charge in [0.15, 0.2) is 0 Å². The van der Waals surface area contributed by atoms with E-state index >= 15 is 0 Å². The molecule has 0 saturated carbocycles. The van der Waals surface area contributed by atoms with Gasteiger partial charge in [-0.15, -0.1) is 6.42 Å². The molecule has 1 N–H and O–H groups in total.